The molecule has 2 rings (SSSR count). The summed E-state index contributed by atoms with van der Waals surface area (Å²) in [5, 5.41) is 6.31. The van der Waals surface area contributed by atoms with Gasteiger partial charge in [0, 0.05) is 26.2 Å². The number of nitrogens with zero attached hydrogens (tertiary/aromatic N) is 3. The van der Waals surface area contributed by atoms with E-state index in [-0.39, 0.29) is 0 Å². The fourth-order valence-corrected chi connectivity index (χ4v) is 1.94. The number of hydrogen-bond acceptors (Lipinski definition) is 5. The van der Waals surface area contributed by atoms with Gasteiger partial charge in [0.2, 0.25) is 0 Å². The van der Waals surface area contributed by atoms with Crippen LogP contribution in [0.5, 0.6) is 0 Å². The maximum Gasteiger partial charge on any atom is 0.131 e. The molecule has 1 aliphatic rings. The van der Waals surface area contributed by atoms with Crippen LogP contribution in [0.2, 0.25) is 0 Å². The quantitative estimate of drug-likeness (QED) is 0.777. The Kier molecular flexibility index (Phi) is 3.93. The summed E-state index contributed by atoms with van der Waals surface area (Å²) < 4.78 is 0. The highest BCUT2D eigenvalue weighted by atomic mass is 15.2. The van der Waals surface area contributed by atoms with Crippen LogP contribution in [0, 0.1) is 0 Å². The molecular weight excluding hydrogens is 202 g/mol. The van der Waals surface area contributed by atoms with E-state index >= 15 is 0 Å². The van der Waals surface area contributed by atoms with Gasteiger partial charge in [-0.15, -0.1) is 0 Å². The summed E-state index contributed by atoms with van der Waals surface area (Å²) in [6.07, 6.45) is 4.26. The van der Waals surface area contributed by atoms with Gasteiger partial charge in [0.15, 0.2) is 0 Å². The molecule has 16 heavy (non-hydrogen) atoms. The van der Waals surface area contributed by atoms with Crippen LogP contribution in [0.15, 0.2) is 12.4 Å². The van der Waals surface area contributed by atoms with E-state index in [1.807, 2.05) is 13.1 Å². The molecule has 2 heterocycles. The van der Waals surface area contributed by atoms with Crippen LogP contribution in [-0.4, -0.2) is 48.1 Å². The van der Waals surface area contributed by atoms with Gasteiger partial charge in [0.05, 0.1) is 0 Å². The van der Waals surface area contributed by atoms with E-state index in [2.05, 4.69) is 25.5 Å². The van der Waals surface area contributed by atoms with Gasteiger partial charge in [-0.25, -0.2) is 9.97 Å². The maximum atomic E-state index is 4.17. The summed E-state index contributed by atoms with van der Waals surface area (Å²) in [5.74, 6) is 1.73. The van der Waals surface area contributed by atoms with Crippen LogP contribution in [0.4, 0.5) is 11.6 Å². The molecule has 2 N–H and O–H groups in total. The van der Waals surface area contributed by atoms with Gasteiger partial charge in [-0.3, -0.25) is 0 Å². The zero-order valence-corrected chi connectivity index (χ0v) is 9.74. The monoisotopic (exact) mass is 221 g/mol. The Balaban J connectivity index is 1.75. The number of anilines is 2. The van der Waals surface area contributed by atoms with E-state index in [9.17, 15) is 0 Å². The number of rotatable bonds is 5. The van der Waals surface area contributed by atoms with Crippen molar-refractivity contribution in [2.24, 2.45) is 0 Å². The summed E-state index contributed by atoms with van der Waals surface area (Å²) in [6.45, 7) is 4.53. The summed E-state index contributed by atoms with van der Waals surface area (Å²) in [5.41, 5.74) is 0. The number of likely N-dealkylation sites (tertiary alicyclic amines) is 1. The fraction of sp³-hybridized carbons (Fsp3) is 0.636. The van der Waals surface area contributed by atoms with Crippen LogP contribution >= 0.6 is 0 Å². The molecule has 0 atom stereocenters. The molecule has 0 aromatic carbocycles. The molecule has 1 aromatic rings. The minimum absolute atomic E-state index is 0.846. The molecule has 0 spiro atoms. The number of nitrogens with one attached hydrogen (secondary N) is 2. The maximum absolute atomic E-state index is 4.17. The lowest BCUT2D eigenvalue weighted by atomic mass is 10.4. The van der Waals surface area contributed by atoms with Crippen molar-refractivity contribution in [2.75, 3.05) is 43.9 Å². The van der Waals surface area contributed by atoms with E-state index in [1.165, 1.54) is 25.9 Å². The molecular formula is C11H19N5. The average Bonchev–Trinajstić information content (AvgIpc) is 2.82. The molecule has 0 amide bonds. The number of hydrogen-bond donors (Lipinski definition) is 2. The second-order valence-electron chi connectivity index (χ2n) is 4.01. The van der Waals surface area contributed by atoms with Gasteiger partial charge in [-0.1, -0.05) is 0 Å². The van der Waals surface area contributed by atoms with Crippen LogP contribution in [0.3, 0.4) is 0 Å². The smallest absolute Gasteiger partial charge is 0.131 e. The van der Waals surface area contributed by atoms with Crippen molar-refractivity contribution in [3.8, 4) is 0 Å². The van der Waals surface area contributed by atoms with E-state index in [0.29, 0.717) is 0 Å². The van der Waals surface area contributed by atoms with Crippen LogP contribution in [0.1, 0.15) is 12.8 Å². The lowest BCUT2D eigenvalue weighted by molar-refractivity contribution is 0.352. The largest absolute Gasteiger partial charge is 0.373 e. The molecule has 1 aliphatic heterocycles. The van der Waals surface area contributed by atoms with E-state index in [0.717, 1.165) is 24.7 Å². The van der Waals surface area contributed by atoms with Crippen molar-refractivity contribution in [1.82, 2.24) is 14.9 Å². The molecule has 0 radical (unpaired) electrons. The second kappa shape index (κ2) is 5.65. The van der Waals surface area contributed by atoms with Gasteiger partial charge in [0.25, 0.3) is 0 Å². The summed E-state index contributed by atoms with van der Waals surface area (Å²) >= 11 is 0. The predicted octanol–water partition coefficient (Wildman–Crippen LogP) is 1.03. The highest BCUT2D eigenvalue weighted by Crippen LogP contribution is 2.08. The summed E-state index contributed by atoms with van der Waals surface area (Å²) in [6, 6.07) is 1.92. The molecule has 1 aromatic heterocycles. The van der Waals surface area contributed by atoms with E-state index in [1.54, 1.807) is 6.33 Å². The topological polar surface area (TPSA) is 53.1 Å². The second-order valence-corrected chi connectivity index (χ2v) is 4.01. The Morgan fingerprint density at radius 1 is 1.25 bits per heavy atom. The highest BCUT2D eigenvalue weighted by molar-refractivity contribution is 5.45. The zero-order valence-electron chi connectivity index (χ0n) is 9.74. The van der Waals surface area contributed by atoms with Crippen molar-refractivity contribution < 1.29 is 0 Å². The Labute approximate surface area is 96.3 Å². The SMILES string of the molecule is CNc1cc(NCCN2CCCC2)ncn1. The third kappa shape index (κ3) is 3.06. The van der Waals surface area contributed by atoms with E-state index in [4.69, 9.17) is 0 Å². The van der Waals surface area contributed by atoms with Crippen molar-refractivity contribution >= 4 is 11.6 Å². The first kappa shape index (κ1) is 11.1. The van der Waals surface area contributed by atoms with Gasteiger partial charge in [-0.05, 0) is 25.9 Å². The van der Waals surface area contributed by atoms with Gasteiger partial charge in [0.1, 0.15) is 18.0 Å². The first-order valence-corrected chi connectivity index (χ1v) is 5.84. The third-order valence-corrected chi connectivity index (χ3v) is 2.86. The Morgan fingerprint density at radius 2 is 2.00 bits per heavy atom. The lowest BCUT2D eigenvalue weighted by Gasteiger charge is -2.14. The third-order valence-electron chi connectivity index (χ3n) is 2.86. The molecule has 0 aliphatic carbocycles. The highest BCUT2D eigenvalue weighted by Gasteiger charge is 2.10. The van der Waals surface area contributed by atoms with Crippen molar-refractivity contribution in [2.45, 2.75) is 12.8 Å². The normalized spacial score (nSPS) is 16.3. The fourth-order valence-electron chi connectivity index (χ4n) is 1.94. The molecule has 1 fully saturated rings. The predicted molar refractivity (Wildman–Crippen MR) is 65.7 cm³/mol. The summed E-state index contributed by atoms with van der Waals surface area (Å²) in [4.78, 5) is 10.7. The van der Waals surface area contributed by atoms with Crippen molar-refractivity contribution in [3.05, 3.63) is 12.4 Å². The Bertz CT molecular complexity index is 322. The van der Waals surface area contributed by atoms with Gasteiger partial charge >= 0.3 is 0 Å². The molecule has 0 bridgehead atoms. The first-order valence-electron chi connectivity index (χ1n) is 5.84. The van der Waals surface area contributed by atoms with Gasteiger partial charge < -0.3 is 15.5 Å². The summed E-state index contributed by atoms with van der Waals surface area (Å²) in [7, 11) is 1.86. The average molecular weight is 221 g/mol. The minimum atomic E-state index is 0.846. The van der Waals surface area contributed by atoms with Crippen molar-refractivity contribution in [3.63, 3.8) is 0 Å². The molecule has 0 unspecified atom stereocenters. The minimum Gasteiger partial charge on any atom is -0.373 e. The van der Waals surface area contributed by atoms with Crippen LogP contribution < -0.4 is 10.6 Å². The lowest BCUT2D eigenvalue weighted by Crippen LogP contribution is -2.26. The molecule has 88 valence electrons. The molecule has 5 heteroatoms. The van der Waals surface area contributed by atoms with Crippen molar-refractivity contribution in [1.29, 1.82) is 0 Å². The Hall–Kier alpha value is -1.36. The van der Waals surface area contributed by atoms with Crippen LogP contribution in [0.25, 0.3) is 0 Å². The molecule has 5 nitrogen and oxygen atoms in total. The number of aromatic nitrogens is 2. The van der Waals surface area contributed by atoms with E-state index < -0.39 is 0 Å². The Morgan fingerprint density at radius 3 is 2.75 bits per heavy atom. The first-order chi connectivity index (χ1) is 7.88. The molecule has 0 saturated carbocycles. The van der Waals surface area contributed by atoms with Gasteiger partial charge in [-0.2, -0.15) is 0 Å². The molecule has 1 saturated heterocycles. The van der Waals surface area contributed by atoms with Crippen LogP contribution in [-0.2, 0) is 0 Å². The standard InChI is InChI=1S/C11H19N5/c1-12-10-8-11(15-9-14-10)13-4-7-16-5-2-3-6-16/h8-9H,2-7H2,1H3,(H2,12,13,14,15). The zero-order chi connectivity index (χ0) is 11.2.